The maximum atomic E-state index is 12.8. The van der Waals surface area contributed by atoms with E-state index >= 15 is 0 Å². The smallest absolute Gasteiger partial charge is 0.355 e. The zero-order valence-corrected chi connectivity index (χ0v) is 24.4. The summed E-state index contributed by atoms with van der Waals surface area (Å²) in [6.07, 6.45) is -5.25. The SMILES string of the molecule is Cc1ccc(CS(=O)(=O)NC(=O)C2CCN(c3nc(CN4CCCC4=O)c(C(=O)CCC(F)(F)F)cc3C#N)CC2)cc1. The van der Waals surface area contributed by atoms with E-state index in [1.54, 1.807) is 29.2 Å². The summed E-state index contributed by atoms with van der Waals surface area (Å²) in [4.78, 5) is 45.6. The van der Waals surface area contributed by atoms with Crippen LogP contribution in [0.25, 0.3) is 0 Å². The first kappa shape index (κ1) is 31.9. The Bertz CT molecular complexity index is 1530. The van der Waals surface area contributed by atoms with E-state index < -0.39 is 46.6 Å². The molecule has 1 N–H and O–H groups in total. The fourth-order valence-electron chi connectivity index (χ4n) is 5.20. The molecule has 10 nitrogen and oxygen atoms in total. The molecule has 0 saturated carbocycles. The molecule has 0 unspecified atom stereocenters. The minimum atomic E-state index is -4.54. The predicted molar refractivity (Wildman–Crippen MR) is 150 cm³/mol. The number of amides is 2. The van der Waals surface area contributed by atoms with Gasteiger partial charge in [-0.2, -0.15) is 18.4 Å². The quantitative estimate of drug-likeness (QED) is 0.397. The van der Waals surface area contributed by atoms with E-state index in [-0.39, 0.29) is 66.8 Å². The lowest BCUT2D eigenvalue weighted by Gasteiger charge is -2.33. The number of nitriles is 1. The number of alkyl halides is 3. The summed E-state index contributed by atoms with van der Waals surface area (Å²) in [5, 5.41) is 9.83. The maximum Gasteiger partial charge on any atom is 0.389 e. The van der Waals surface area contributed by atoms with Crippen LogP contribution in [-0.2, 0) is 31.9 Å². The number of aromatic nitrogens is 1. The van der Waals surface area contributed by atoms with E-state index in [4.69, 9.17) is 0 Å². The van der Waals surface area contributed by atoms with Crippen molar-refractivity contribution < 1.29 is 36.0 Å². The number of carbonyl (C=O) groups is 3. The molecule has 230 valence electrons. The number of likely N-dealkylation sites (tertiary alicyclic amines) is 1. The number of pyridine rings is 1. The largest absolute Gasteiger partial charge is 0.389 e. The highest BCUT2D eigenvalue weighted by atomic mass is 32.2. The van der Waals surface area contributed by atoms with Gasteiger partial charge in [-0.25, -0.2) is 13.4 Å². The van der Waals surface area contributed by atoms with Crippen molar-refractivity contribution in [3.05, 3.63) is 58.3 Å². The number of halogens is 3. The number of hydrogen-bond donors (Lipinski definition) is 1. The van der Waals surface area contributed by atoms with Crippen molar-refractivity contribution in [1.29, 1.82) is 5.26 Å². The fourth-order valence-corrected chi connectivity index (χ4v) is 6.37. The zero-order chi connectivity index (χ0) is 31.4. The van der Waals surface area contributed by atoms with Gasteiger partial charge in [0.25, 0.3) is 0 Å². The van der Waals surface area contributed by atoms with Gasteiger partial charge in [0.1, 0.15) is 11.9 Å². The first-order valence-corrected chi connectivity index (χ1v) is 15.6. The second-order valence-corrected chi connectivity index (χ2v) is 12.6. The number of sulfonamides is 1. The molecule has 0 spiro atoms. The Morgan fingerprint density at radius 2 is 1.81 bits per heavy atom. The van der Waals surface area contributed by atoms with Crippen LogP contribution in [0.1, 0.15) is 71.3 Å². The van der Waals surface area contributed by atoms with Crippen LogP contribution in [0.4, 0.5) is 19.0 Å². The highest BCUT2D eigenvalue weighted by Gasteiger charge is 2.32. The molecular formula is C29H32F3N5O5S. The highest BCUT2D eigenvalue weighted by Crippen LogP contribution is 2.30. The van der Waals surface area contributed by atoms with Gasteiger partial charge in [-0.15, -0.1) is 0 Å². The molecule has 2 aliphatic rings. The summed E-state index contributed by atoms with van der Waals surface area (Å²) in [5.41, 5.74) is 1.49. The molecule has 0 atom stereocenters. The average molecular weight is 620 g/mol. The van der Waals surface area contributed by atoms with Gasteiger partial charge in [-0.1, -0.05) is 29.8 Å². The van der Waals surface area contributed by atoms with E-state index in [0.29, 0.717) is 24.9 Å². The summed E-state index contributed by atoms with van der Waals surface area (Å²) in [7, 11) is -3.92. The normalized spacial score (nSPS) is 16.3. The Morgan fingerprint density at radius 3 is 2.40 bits per heavy atom. The molecule has 2 aliphatic heterocycles. The molecule has 14 heteroatoms. The monoisotopic (exact) mass is 619 g/mol. The third-order valence-corrected chi connectivity index (χ3v) is 8.77. The van der Waals surface area contributed by atoms with Crippen molar-refractivity contribution in [2.24, 2.45) is 5.92 Å². The standard InChI is InChI=1S/C29H32F3N5O5S/c1-19-4-6-20(7-5-19)18-43(41,42)35-28(40)21-9-13-36(14-10-21)27-22(16-33)15-23(25(38)8-11-29(30,31)32)24(34-27)17-37-12-2-3-26(37)39/h4-7,15,21H,2-3,8-14,17-18H2,1H3,(H,35,40). The number of nitrogens with zero attached hydrogens (tertiary/aromatic N) is 4. The molecule has 1 aromatic carbocycles. The Balaban J connectivity index is 1.48. The zero-order valence-electron chi connectivity index (χ0n) is 23.6. The Labute approximate surface area is 247 Å². The van der Waals surface area contributed by atoms with Crippen LogP contribution in [0.2, 0.25) is 0 Å². The lowest BCUT2D eigenvalue weighted by Crippen LogP contribution is -2.43. The van der Waals surface area contributed by atoms with Gasteiger partial charge in [-0.3, -0.25) is 19.1 Å². The number of anilines is 1. The molecule has 43 heavy (non-hydrogen) atoms. The number of benzene rings is 1. The highest BCUT2D eigenvalue weighted by molar-refractivity contribution is 7.89. The van der Waals surface area contributed by atoms with Gasteiger partial charge in [0, 0.05) is 44.0 Å². The van der Waals surface area contributed by atoms with Gasteiger partial charge in [0.15, 0.2) is 5.78 Å². The molecule has 0 aliphatic carbocycles. The number of ketones is 1. The Morgan fingerprint density at radius 1 is 1.14 bits per heavy atom. The molecule has 2 amide bonds. The van der Waals surface area contributed by atoms with Crippen LogP contribution in [0.15, 0.2) is 30.3 Å². The van der Waals surface area contributed by atoms with Crippen molar-refractivity contribution in [3.8, 4) is 6.07 Å². The molecule has 2 aromatic rings. The summed E-state index contributed by atoms with van der Waals surface area (Å²) >= 11 is 0. The first-order valence-electron chi connectivity index (χ1n) is 13.9. The average Bonchev–Trinajstić information content (AvgIpc) is 3.36. The second-order valence-electron chi connectivity index (χ2n) is 10.9. The van der Waals surface area contributed by atoms with Crippen LogP contribution in [0.5, 0.6) is 0 Å². The summed E-state index contributed by atoms with van der Waals surface area (Å²) in [6.45, 7) is 2.69. The Kier molecular flexibility index (Phi) is 9.74. The minimum Gasteiger partial charge on any atom is -0.355 e. The van der Waals surface area contributed by atoms with Crippen LogP contribution in [0.3, 0.4) is 0 Å². The number of Topliss-reactive ketones (excluding diaryl/α,β-unsaturated/α-hetero) is 1. The van der Waals surface area contributed by atoms with Crippen molar-refractivity contribution in [2.75, 3.05) is 24.5 Å². The lowest BCUT2D eigenvalue weighted by atomic mass is 9.95. The number of nitrogens with one attached hydrogen (secondary N) is 1. The van der Waals surface area contributed by atoms with E-state index in [1.807, 2.05) is 13.0 Å². The Hall–Kier alpha value is -3.99. The molecule has 3 heterocycles. The van der Waals surface area contributed by atoms with E-state index in [0.717, 1.165) is 5.56 Å². The first-order chi connectivity index (χ1) is 20.2. The van der Waals surface area contributed by atoms with Crippen LogP contribution in [-0.4, -0.2) is 61.7 Å². The van der Waals surface area contributed by atoms with Crippen molar-refractivity contribution in [1.82, 2.24) is 14.6 Å². The molecule has 4 rings (SSSR count). The van der Waals surface area contributed by atoms with Crippen molar-refractivity contribution >= 4 is 33.4 Å². The topological polar surface area (TPSA) is 141 Å². The molecule has 2 saturated heterocycles. The summed E-state index contributed by atoms with van der Waals surface area (Å²) in [5.74, 6) is -2.37. The van der Waals surface area contributed by atoms with E-state index in [9.17, 15) is 41.2 Å². The van der Waals surface area contributed by atoms with Crippen LogP contribution >= 0.6 is 0 Å². The van der Waals surface area contributed by atoms with Gasteiger partial charge in [-0.05, 0) is 37.8 Å². The second kappa shape index (κ2) is 13.1. The van der Waals surface area contributed by atoms with Gasteiger partial charge >= 0.3 is 6.18 Å². The number of hydrogen-bond acceptors (Lipinski definition) is 8. The summed E-state index contributed by atoms with van der Waals surface area (Å²) < 4.78 is 65.8. The summed E-state index contributed by atoms with van der Waals surface area (Å²) in [6, 6.07) is 10.1. The van der Waals surface area contributed by atoms with E-state index in [1.165, 1.54) is 11.0 Å². The third kappa shape index (κ3) is 8.53. The number of rotatable bonds is 10. The van der Waals surface area contributed by atoms with Crippen LogP contribution < -0.4 is 9.62 Å². The van der Waals surface area contributed by atoms with Crippen molar-refractivity contribution in [2.45, 2.75) is 63.9 Å². The molecular weight excluding hydrogens is 587 g/mol. The van der Waals surface area contributed by atoms with Gasteiger partial charge in [0.2, 0.25) is 21.8 Å². The number of piperidine rings is 1. The lowest BCUT2D eigenvalue weighted by molar-refractivity contribution is -0.133. The molecule has 2 fully saturated rings. The molecule has 0 bridgehead atoms. The minimum absolute atomic E-state index is 0.0181. The fraction of sp³-hybridized carbons (Fsp3) is 0.483. The third-order valence-electron chi connectivity index (χ3n) is 7.55. The van der Waals surface area contributed by atoms with Crippen molar-refractivity contribution in [3.63, 3.8) is 0 Å². The maximum absolute atomic E-state index is 12.8. The number of carbonyl (C=O) groups excluding carboxylic acids is 3. The van der Waals surface area contributed by atoms with Gasteiger partial charge in [0.05, 0.1) is 30.0 Å². The van der Waals surface area contributed by atoms with E-state index in [2.05, 4.69) is 9.71 Å². The van der Waals surface area contributed by atoms with Gasteiger partial charge < -0.3 is 9.80 Å². The molecule has 0 radical (unpaired) electrons. The number of aryl methyl sites for hydroxylation is 1. The molecule has 1 aromatic heterocycles. The van der Waals surface area contributed by atoms with Crippen LogP contribution in [0, 0.1) is 24.2 Å². The predicted octanol–water partition coefficient (Wildman–Crippen LogP) is 3.77.